The standard InChI is InChI=1S/C18H13IN2O2/c19-16-9-12(5-8-17(16)22)11-20-21-18(23)15-7-6-13-3-1-2-4-14(13)10-15/h1-11,22H,(H,21,23)/b20-11+. The molecular weight excluding hydrogens is 403 g/mol. The maximum absolute atomic E-state index is 12.1. The van der Waals surface area contributed by atoms with E-state index >= 15 is 0 Å². The fraction of sp³-hybridized carbons (Fsp3) is 0. The zero-order valence-corrected chi connectivity index (χ0v) is 14.2. The summed E-state index contributed by atoms with van der Waals surface area (Å²) < 4.78 is 0.729. The Labute approximate surface area is 147 Å². The number of amides is 1. The van der Waals surface area contributed by atoms with Crippen molar-refractivity contribution < 1.29 is 9.90 Å². The quantitative estimate of drug-likeness (QED) is 0.387. The van der Waals surface area contributed by atoms with Crippen molar-refractivity contribution in [2.24, 2.45) is 5.10 Å². The number of nitrogens with one attached hydrogen (secondary N) is 1. The molecule has 3 aromatic carbocycles. The largest absolute Gasteiger partial charge is 0.507 e. The Kier molecular flexibility index (Phi) is 4.57. The number of halogens is 1. The van der Waals surface area contributed by atoms with Gasteiger partial charge in [-0.15, -0.1) is 0 Å². The fourth-order valence-corrected chi connectivity index (χ4v) is 2.70. The third-order valence-electron chi connectivity index (χ3n) is 3.36. The summed E-state index contributed by atoms with van der Waals surface area (Å²) in [5, 5.41) is 15.5. The molecule has 1 amide bonds. The van der Waals surface area contributed by atoms with Crippen LogP contribution in [0, 0.1) is 3.57 Å². The normalized spacial score (nSPS) is 11.0. The molecule has 0 bridgehead atoms. The summed E-state index contributed by atoms with van der Waals surface area (Å²) in [5.41, 5.74) is 3.87. The van der Waals surface area contributed by atoms with Crippen molar-refractivity contribution in [1.29, 1.82) is 0 Å². The number of hydrogen-bond acceptors (Lipinski definition) is 3. The molecule has 23 heavy (non-hydrogen) atoms. The second kappa shape index (κ2) is 6.78. The molecule has 0 aliphatic heterocycles. The van der Waals surface area contributed by atoms with Crippen molar-refractivity contribution >= 4 is 45.5 Å². The summed E-state index contributed by atoms with van der Waals surface area (Å²) in [4.78, 5) is 12.1. The summed E-state index contributed by atoms with van der Waals surface area (Å²) >= 11 is 2.03. The first-order valence-electron chi connectivity index (χ1n) is 6.94. The van der Waals surface area contributed by atoms with Gasteiger partial charge < -0.3 is 5.11 Å². The average molecular weight is 416 g/mol. The van der Waals surface area contributed by atoms with Crippen LogP contribution in [0.5, 0.6) is 5.75 Å². The molecule has 114 valence electrons. The Bertz CT molecular complexity index is 906. The molecule has 0 aliphatic rings. The van der Waals surface area contributed by atoms with Crippen LogP contribution in [0.3, 0.4) is 0 Å². The van der Waals surface area contributed by atoms with Crippen LogP contribution >= 0.6 is 22.6 Å². The minimum Gasteiger partial charge on any atom is -0.507 e. The molecule has 5 heteroatoms. The molecule has 2 N–H and O–H groups in total. The van der Waals surface area contributed by atoms with E-state index in [1.807, 2.05) is 59.0 Å². The minimum absolute atomic E-state index is 0.225. The van der Waals surface area contributed by atoms with Gasteiger partial charge in [0, 0.05) is 5.56 Å². The van der Waals surface area contributed by atoms with E-state index in [4.69, 9.17) is 0 Å². The van der Waals surface area contributed by atoms with Crippen molar-refractivity contribution in [2.75, 3.05) is 0 Å². The van der Waals surface area contributed by atoms with Gasteiger partial charge >= 0.3 is 0 Å². The molecular formula is C18H13IN2O2. The van der Waals surface area contributed by atoms with E-state index in [-0.39, 0.29) is 11.7 Å². The third-order valence-corrected chi connectivity index (χ3v) is 4.23. The first kappa shape index (κ1) is 15.5. The van der Waals surface area contributed by atoms with E-state index < -0.39 is 0 Å². The number of benzene rings is 3. The summed E-state index contributed by atoms with van der Waals surface area (Å²) in [6.45, 7) is 0. The highest BCUT2D eigenvalue weighted by Crippen LogP contribution is 2.19. The minimum atomic E-state index is -0.263. The zero-order valence-electron chi connectivity index (χ0n) is 12.0. The highest BCUT2D eigenvalue weighted by molar-refractivity contribution is 14.1. The molecule has 3 rings (SSSR count). The molecule has 0 saturated carbocycles. The molecule has 0 saturated heterocycles. The molecule has 0 heterocycles. The number of fused-ring (bicyclic) bond motifs is 1. The number of phenolic OH excluding ortho intramolecular Hbond substituents is 1. The molecule has 0 aliphatic carbocycles. The predicted octanol–water partition coefficient (Wildman–Crippen LogP) is 3.91. The van der Waals surface area contributed by atoms with Crippen LogP contribution in [0.4, 0.5) is 0 Å². The number of phenols is 1. The summed E-state index contributed by atoms with van der Waals surface area (Å²) in [5.74, 6) is -0.0385. The van der Waals surface area contributed by atoms with Gasteiger partial charge in [0.2, 0.25) is 0 Å². The Hall–Kier alpha value is -2.41. The second-order valence-electron chi connectivity index (χ2n) is 4.97. The topological polar surface area (TPSA) is 61.7 Å². The lowest BCUT2D eigenvalue weighted by Crippen LogP contribution is -2.17. The van der Waals surface area contributed by atoms with Gasteiger partial charge in [0.15, 0.2) is 0 Å². The molecule has 0 aromatic heterocycles. The van der Waals surface area contributed by atoms with Gasteiger partial charge in [-0.25, -0.2) is 5.43 Å². The van der Waals surface area contributed by atoms with Crippen molar-refractivity contribution in [1.82, 2.24) is 5.43 Å². The number of carbonyl (C=O) groups is 1. The highest BCUT2D eigenvalue weighted by atomic mass is 127. The first-order chi connectivity index (χ1) is 11.1. The lowest BCUT2D eigenvalue weighted by atomic mass is 10.1. The number of carbonyl (C=O) groups excluding carboxylic acids is 1. The van der Waals surface area contributed by atoms with Gasteiger partial charge in [0.05, 0.1) is 9.78 Å². The van der Waals surface area contributed by atoms with E-state index in [9.17, 15) is 9.90 Å². The Morgan fingerprint density at radius 3 is 2.61 bits per heavy atom. The number of hydrogen-bond donors (Lipinski definition) is 2. The van der Waals surface area contributed by atoms with E-state index in [1.165, 1.54) is 0 Å². The molecule has 0 fully saturated rings. The molecule has 4 nitrogen and oxygen atoms in total. The zero-order chi connectivity index (χ0) is 16.2. The molecule has 0 spiro atoms. The van der Waals surface area contributed by atoms with Gasteiger partial charge in [-0.3, -0.25) is 4.79 Å². The molecule has 0 atom stereocenters. The van der Waals surface area contributed by atoms with Crippen LogP contribution < -0.4 is 5.43 Å². The number of nitrogens with zero attached hydrogens (tertiary/aromatic N) is 1. The molecule has 0 unspecified atom stereocenters. The van der Waals surface area contributed by atoms with Crippen molar-refractivity contribution in [2.45, 2.75) is 0 Å². The van der Waals surface area contributed by atoms with E-state index in [0.717, 1.165) is 19.9 Å². The number of rotatable bonds is 3. The lowest BCUT2D eigenvalue weighted by molar-refractivity contribution is 0.0955. The number of hydrazone groups is 1. The Morgan fingerprint density at radius 1 is 1.04 bits per heavy atom. The maximum Gasteiger partial charge on any atom is 0.271 e. The highest BCUT2D eigenvalue weighted by Gasteiger charge is 2.05. The Morgan fingerprint density at radius 2 is 1.83 bits per heavy atom. The van der Waals surface area contributed by atoms with Crippen LogP contribution in [-0.4, -0.2) is 17.2 Å². The Balaban J connectivity index is 1.72. The van der Waals surface area contributed by atoms with Gasteiger partial charge in [0.25, 0.3) is 5.91 Å². The molecule has 3 aromatic rings. The smallest absolute Gasteiger partial charge is 0.271 e. The van der Waals surface area contributed by atoms with Crippen LogP contribution in [0.25, 0.3) is 10.8 Å². The fourth-order valence-electron chi connectivity index (χ4n) is 2.16. The van der Waals surface area contributed by atoms with Gasteiger partial charge in [-0.1, -0.05) is 30.3 Å². The monoisotopic (exact) mass is 416 g/mol. The van der Waals surface area contributed by atoms with E-state index in [1.54, 1.807) is 30.5 Å². The third kappa shape index (κ3) is 3.68. The summed E-state index contributed by atoms with van der Waals surface area (Å²) in [7, 11) is 0. The van der Waals surface area contributed by atoms with Gasteiger partial charge in [0.1, 0.15) is 5.75 Å². The SMILES string of the molecule is O=C(N/N=C/c1ccc(O)c(I)c1)c1ccc2ccccc2c1. The van der Waals surface area contributed by atoms with Crippen LogP contribution in [0.1, 0.15) is 15.9 Å². The molecule has 0 radical (unpaired) electrons. The first-order valence-corrected chi connectivity index (χ1v) is 8.02. The summed E-state index contributed by atoms with van der Waals surface area (Å²) in [6.07, 6.45) is 1.54. The van der Waals surface area contributed by atoms with Crippen LogP contribution in [-0.2, 0) is 0 Å². The van der Waals surface area contributed by atoms with Crippen LogP contribution in [0.15, 0.2) is 65.8 Å². The van der Waals surface area contributed by atoms with E-state index in [2.05, 4.69) is 10.5 Å². The van der Waals surface area contributed by atoms with Crippen molar-refractivity contribution in [3.63, 3.8) is 0 Å². The lowest BCUT2D eigenvalue weighted by Gasteiger charge is -2.03. The number of aromatic hydroxyl groups is 1. The van der Waals surface area contributed by atoms with Crippen molar-refractivity contribution in [3.8, 4) is 5.75 Å². The second-order valence-corrected chi connectivity index (χ2v) is 6.13. The maximum atomic E-state index is 12.1. The van der Waals surface area contributed by atoms with Gasteiger partial charge in [-0.05, 0) is 69.3 Å². The van der Waals surface area contributed by atoms with Gasteiger partial charge in [-0.2, -0.15) is 5.10 Å². The van der Waals surface area contributed by atoms with Crippen LogP contribution in [0.2, 0.25) is 0 Å². The summed E-state index contributed by atoms with van der Waals surface area (Å²) in [6, 6.07) is 18.5. The van der Waals surface area contributed by atoms with E-state index in [0.29, 0.717) is 5.56 Å². The average Bonchev–Trinajstić information content (AvgIpc) is 2.57. The predicted molar refractivity (Wildman–Crippen MR) is 99.8 cm³/mol. The van der Waals surface area contributed by atoms with Crippen molar-refractivity contribution in [3.05, 3.63) is 75.4 Å².